The van der Waals surface area contributed by atoms with Crippen molar-refractivity contribution >= 4 is 11.6 Å². The molecule has 0 unspecified atom stereocenters. The number of aromatic nitrogens is 2. The van der Waals surface area contributed by atoms with Crippen LogP contribution in [0.4, 0.5) is 5.69 Å². The SMILES string of the molecule is CCc1cc(C(=O)Nc2ccc(OC)cc2)ncn1. The Morgan fingerprint density at radius 3 is 2.63 bits per heavy atom. The van der Waals surface area contributed by atoms with Gasteiger partial charge in [-0.2, -0.15) is 0 Å². The van der Waals surface area contributed by atoms with Crippen molar-refractivity contribution in [3.8, 4) is 5.75 Å². The minimum atomic E-state index is -0.248. The van der Waals surface area contributed by atoms with E-state index < -0.39 is 0 Å². The van der Waals surface area contributed by atoms with Gasteiger partial charge in [-0.25, -0.2) is 9.97 Å². The molecule has 0 aliphatic carbocycles. The van der Waals surface area contributed by atoms with Crippen molar-refractivity contribution in [2.75, 3.05) is 12.4 Å². The summed E-state index contributed by atoms with van der Waals surface area (Å²) in [5.41, 5.74) is 1.90. The first kappa shape index (κ1) is 13.0. The second-order valence-corrected chi connectivity index (χ2v) is 3.93. The minimum Gasteiger partial charge on any atom is -0.497 e. The molecular formula is C14H15N3O2. The number of aryl methyl sites for hydroxylation is 1. The Kier molecular flexibility index (Phi) is 4.07. The van der Waals surface area contributed by atoms with Crippen LogP contribution in [0.1, 0.15) is 23.1 Å². The van der Waals surface area contributed by atoms with Crippen LogP contribution in [0.3, 0.4) is 0 Å². The van der Waals surface area contributed by atoms with Crippen molar-refractivity contribution in [1.29, 1.82) is 0 Å². The van der Waals surface area contributed by atoms with Crippen LogP contribution in [0.5, 0.6) is 5.75 Å². The highest BCUT2D eigenvalue weighted by Crippen LogP contribution is 2.15. The summed E-state index contributed by atoms with van der Waals surface area (Å²) >= 11 is 0. The third-order valence-electron chi connectivity index (χ3n) is 2.67. The highest BCUT2D eigenvalue weighted by atomic mass is 16.5. The molecule has 0 bridgehead atoms. The number of carbonyl (C=O) groups excluding carboxylic acids is 1. The molecule has 2 aromatic rings. The zero-order valence-corrected chi connectivity index (χ0v) is 10.9. The Morgan fingerprint density at radius 2 is 2.00 bits per heavy atom. The van der Waals surface area contributed by atoms with Crippen molar-refractivity contribution in [3.05, 3.63) is 48.0 Å². The van der Waals surface area contributed by atoms with Gasteiger partial charge in [0.1, 0.15) is 17.8 Å². The van der Waals surface area contributed by atoms with Gasteiger partial charge in [-0.3, -0.25) is 4.79 Å². The number of methoxy groups -OCH3 is 1. The maximum atomic E-state index is 12.0. The van der Waals surface area contributed by atoms with E-state index in [0.29, 0.717) is 11.4 Å². The van der Waals surface area contributed by atoms with Crippen LogP contribution in [0.25, 0.3) is 0 Å². The fourth-order valence-electron chi connectivity index (χ4n) is 1.58. The molecule has 5 nitrogen and oxygen atoms in total. The normalized spacial score (nSPS) is 10.0. The van der Waals surface area contributed by atoms with E-state index in [0.717, 1.165) is 17.9 Å². The Labute approximate surface area is 111 Å². The van der Waals surface area contributed by atoms with Crippen LogP contribution in [0, 0.1) is 0 Å². The number of nitrogens with zero attached hydrogens (tertiary/aromatic N) is 2. The predicted molar refractivity (Wildman–Crippen MR) is 72.4 cm³/mol. The molecule has 0 radical (unpaired) electrons. The number of benzene rings is 1. The highest BCUT2D eigenvalue weighted by Gasteiger charge is 2.08. The summed E-state index contributed by atoms with van der Waals surface area (Å²) in [4.78, 5) is 20.0. The molecule has 0 fully saturated rings. The zero-order chi connectivity index (χ0) is 13.7. The first-order valence-electron chi connectivity index (χ1n) is 5.99. The third kappa shape index (κ3) is 3.28. The molecule has 0 atom stereocenters. The Balaban J connectivity index is 2.11. The second kappa shape index (κ2) is 5.95. The van der Waals surface area contributed by atoms with Crippen molar-refractivity contribution in [2.45, 2.75) is 13.3 Å². The molecule has 0 spiro atoms. The van der Waals surface area contributed by atoms with E-state index >= 15 is 0 Å². The van der Waals surface area contributed by atoms with Gasteiger partial charge in [0.2, 0.25) is 0 Å². The Morgan fingerprint density at radius 1 is 1.26 bits per heavy atom. The maximum absolute atomic E-state index is 12.0. The highest BCUT2D eigenvalue weighted by molar-refractivity contribution is 6.02. The van der Waals surface area contributed by atoms with E-state index in [-0.39, 0.29) is 5.91 Å². The van der Waals surface area contributed by atoms with Gasteiger partial charge in [-0.1, -0.05) is 6.92 Å². The van der Waals surface area contributed by atoms with Crippen molar-refractivity contribution in [1.82, 2.24) is 9.97 Å². The number of hydrogen-bond donors (Lipinski definition) is 1. The summed E-state index contributed by atoms with van der Waals surface area (Å²) in [6.07, 6.45) is 2.17. The number of anilines is 1. The van der Waals surface area contributed by atoms with Crippen molar-refractivity contribution < 1.29 is 9.53 Å². The maximum Gasteiger partial charge on any atom is 0.274 e. The van der Waals surface area contributed by atoms with Crippen LogP contribution in [-0.2, 0) is 6.42 Å². The van der Waals surface area contributed by atoms with E-state index in [1.807, 2.05) is 6.92 Å². The van der Waals surface area contributed by atoms with Gasteiger partial charge in [0.15, 0.2) is 0 Å². The van der Waals surface area contributed by atoms with Crippen LogP contribution in [0.2, 0.25) is 0 Å². The summed E-state index contributed by atoms with van der Waals surface area (Å²) in [6.45, 7) is 1.98. The van der Waals surface area contributed by atoms with Gasteiger partial charge in [0, 0.05) is 11.4 Å². The molecule has 1 amide bonds. The molecule has 1 aromatic carbocycles. The molecule has 19 heavy (non-hydrogen) atoms. The summed E-state index contributed by atoms with van der Waals surface area (Å²) in [5.74, 6) is 0.496. The molecule has 0 aliphatic rings. The fourth-order valence-corrected chi connectivity index (χ4v) is 1.58. The van der Waals surface area contributed by atoms with Gasteiger partial charge in [-0.05, 0) is 36.8 Å². The topological polar surface area (TPSA) is 64.1 Å². The first-order chi connectivity index (χ1) is 9.22. The van der Waals surface area contributed by atoms with Crippen molar-refractivity contribution in [3.63, 3.8) is 0 Å². The van der Waals surface area contributed by atoms with Gasteiger partial charge >= 0.3 is 0 Å². The van der Waals surface area contributed by atoms with E-state index in [1.54, 1.807) is 37.4 Å². The van der Waals surface area contributed by atoms with Crippen LogP contribution >= 0.6 is 0 Å². The standard InChI is InChI=1S/C14H15N3O2/c1-3-10-8-13(16-9-15-10)14(18)17-11-4-6-12(19-2)7-5-11/h4-9H,3H2,1-2H3,(H,17,18). The average molecular weight is 257 g/mol. The lowest BCUT2D eigenvalue weighted by Crippen LogP contribution is -2.14. The van der Waals surface area contributed by atoms with Crippen molar-refractivity contribution in [2.24, 2.45) is 0 Å². The van der Waals surface area contributed by atoms with E-state index in [1.165, 1.54) is 6.33 Å². The molecule has 0 aliphatic heterocycles. The predicted octanol–water partition coefficient (Wildman–Crippen LogP) is 2.30. The molecule has 1 aromatic heterocycles. The number of rotatable bonds is 4. The monoisotopic (exact) mass is 257 g/mol. The molecule has 2 rings (SSSR count). The van der Waals surface area contributed by atoms with Gasteiger partial charge < -0.3 is 10.1 Å². The van der Waals surface area contributed by atoms with E-state index in [2.05, 4.69) is 15.3 Å². The number of hydrogen-bond acceptors (Lipinski definition) is 4. The molecule has 5 heteroatoms. The van der Waals surface area contributed by atoms with Crippen LogP contribution < -0.4 is 10.1 Å². The Bertz CT molecular complexity index is 567. The number of carbonyl (C=O) groups is 1. The number of amides is 1. The number of ether oxygens (including phenoxy) is 1. The molecule has 1 N–H and O–H groups in total. The minimum absolute atomic E-state index is 0.248. The summed E-state index contributed by atoms with van der Waals surface area (Å²) in [7, 11) is 1.60. The largest absolute Gasteiger partial charge is 0.497 e. The molecule has 0 saturated carbocycles. The molecule has 1 heterocycles. The lowest BCUT2D eigenvalue weighted by molar-refractivity contribution is 0.102. The fraction of sp³-hybridized carbons (Fsp3) is 0.214. The van der Waals surface area contributed by atoms with E-state index in [4.69, 9.17) is 4.74 Å². The summed E-state index contributed by atoms with van der Waals surface area (Å²) in [6, 6.07) is 8.82. The first-order valence-corrected chi connectivity index (χ1v) is 5.99. The zero-order valence-electron chi connectivity index (χ0n) is 10.9. The number of nitrogens with one attached hydrogen (secondary N) is 1. The van der Waals surface area contributed by atoms with Gasteiger partial charge in [0.25, 0.3) is 5.91 Å². The lowest BCUT2D eigenvalue weighted by atomic mass is 10.2. The van der Waals surface area contributed by atoms with E-state index in [9.17, 15) is 4.79 Å². The smallest absolute Gasteiger partial charge is 0.274 e. The van der Waals surface area contributed by atoms with Gasteiger partial charge in [-0.15, -0.1) is 0 Å². The second-order valence-electron chi connectivity index (χ2n) is 3.93. The summed E-state index contributed by atoms with van der Waals surface area (Å²) < 4.78 is 5.06. The molecular weight excluding hydrogens is 242 g/mol. The average Bonchev–Trinajstić information content (AvgIpc) is 2.48. The Hall–Kier alpha value is -2.43. The van der Waals surface area contributed by atoms with Gasteiger partial charge in [0.05, 0.1) is 7.11 Å². The van der Waals surface area contributed by atoms with Crippen LogP contribution in [0.15, 0.2) is 36.7 Å². The molecule has 98 valence electrons. The molecule has 0 saturated heterocycles. The quantitative estimate of drug-likeness (QED) is 0.912. The summed E-state index contributed by atoms with van der Waals surface area (Å²) in [5, 5.41) is 2.78. The lowest BCUT2D eigenvalue weighted by Gasteiger charge is -2.06. The third-order valence-corrected chi connectivity index (χ3v) is 2.67. The van der Waals surface area contributed by atoms with Crippen LogP contribution in [-0.4, -0.2) is 23.0 Å².